The first kappa shape index (κ1) is 12.6. The third-order valence-corrected chi connectivity index (χ3v) is 1.37. The van der Waals surface area contributed by atoms with Crippen LogP contribution in [-0.4, -0.2) is 20.7 Å². The fourth-order valence-corrected chi connectivity index (χ4v) is 0.809. The minimum absolute atomic E-state index is 0.566. The minimum Gasteiger partial charge on any atom is -0.494 e. The lowest BCUT2D eigenvalue weighted by Crippen LogP contribution is -1.96. The number of anilines is 2. The van der Waals surface area contributed by atoms with Gasteiger partial charge in [0.2, 0.25) is 0 Å². The molecule has 0 unspecified atom stereocenters. The summed E-state index contributed by atoms with van der Waals surface area (Å²) in [4.78, 5) is 0. The number of hydrogen-bond acceptors (Lipinski definition) is 4. The molecule has 4 heteroatoms. The van der Waals surface area contributed by atoms with Crippen LogP contribution in [0.5, 0.6) is 5.75 Å². The lowest BCUT2D eigenvalue weighted by molar-refractivity contribution is 0.340. The van der Waals surface area contributed by atoms with Crippen LogP contribution in [0.15, 0.2) is 18.2 Å². The topological polar surface area (TPSA) is 73.3 Å². The van der Waals surface area contributed by atoms with Crippen LogP contribution in [-0.2, 0) is 0 Å². The fraction of sp³-hybridized carbons (Fsp3) is 0.400. The Hall–Kier alpha value is -1.42. The molecule has 0 fully saturated rings. The number of nitrogen functional groups attached to an aromatic ring is 2. The lowest BCUT2D eigenvalue weighted by Gasteiger charge is -2.04. The molecule has 14 heavy (non-hydrogen) atoms. The molecule has 0 heterocycles. The quantitative estimate of drug-likeness (QED) is 0.620. The molecule has 0 radical (unpaired) electrons. The van der Waals surface area contributed by atoms with Crippen molar-refractivity contribution in [2.75, 3.05) is 32.2 Å². The van der Waals surface area contributed by atoms with Gasteiger partial charge in [0.05, 0.1) is 18.0 Å². The summed E-state index contributed by atoms with van der Waals surface area (Å²) in [5.41, 5.74) is 12.2. The highest BCUT2D eigenvalue weighted by molar-refractivity contribution is 5.65. The summed E-state index contributed by atoms with van der Waals surface area (Å²) in [6.45, 7) is 2.57. The van der Waals surface area contributed by atoms with Crippen molar-refractivity contribution in [3.8, 4) is 5.75 Å². The van der Waals surface area contributed by atoms with Crippen molar-refractivity contribution >= 4 is 11.4 Å². The van der Waals surface area contributed by atoms with Crippen LogP contribution in [0.3, 0.4) is 0 Å². The first-order valence-corrected chi connectivity index (χ1v) is 4.52. The summed E-state index contributed by atoms with van der Waals surface area (Å²) >= 11 is 0. The maximum absolute atomic E-state index is 5.55. The SMILES string of the molecule is CCOc1ccc(N)c(N)c1.CNC. The van der Waals surface area contributed by atoms with Crippen LogP contribution in [0.4, 0.5) is 11.4 Å². The molecule has 0 saturated carbocycles. The van der Waals surface area contributed by atoms with Crippen LogP contribution in [0.25, 0.3) is 0 Å². The monoisotopic (exact) mass is 197 g/mol. The Kier molecular flexibility index (Phi) is 6.32. The Balaban J connectivity index is 0.000000500. The van der Waals surface area contributed by atoms with E-state index in [9.17, 15) is 0 Å². The highest BCUT2D eigenvalue weighted by atomic mass is 16.5. The van der Waals surface area contributed by atoms with Gasteiger partial charge in [-0.15, -0.1) is 0 Å². The molecule has 0 aliphatic rings. The summed E-state index contributed by atoms with van der Waals surface area (Å²) in [6, 6.07) is 5.26. The van der Waals surface area contributed by atoms with Crippen molar-refractivity contribution < 1.29 is 4.74 Å². The maximum Gasteiger partial charge on any atom is 0.121 e. The molecule has 4 nitrogen and oxygen atoms in total. The molecule has 0 atom stereocenters. The zero-order chi connectivity index (χ0) is 11.0. The van der Waals surface area contributed by atoms with E-state index in [1.807, 2.05) is 21.0 Å². The smallest absolute Gasteiger partial charge is 0.121 e. The Morgan fingerprint density at radius 2 is 1.79 bits per heavy atom. The third kappa shape index (κ3) is 4.57. The largest absolute Gasteiger partial charge is 0.494 e. The number of rotatable bonds is 2. The lowest BCUT2D eigenvalue weighted by atomic mass is 10.2. The average molecular weight is 197 g/mol. The standard InChI is InChI=1S/C8H12N2O.C2H7N/c1-2-11-6-3-4-7(9)8(10)5-6;1-3-2/h3-5H,2,9-10H2,1H3;3H,1-2H3. The van der Waals surface area contributed by atoms with Gasteiger partial charge in [0, 0.05) is 6.07 Å². The zero-order valence-corrected chi connectivity index (χ0v) is 9.00. The first-order valence-electron chi connectivity index (χ1n) is 4.52. The molecular weight excluding hydrogens is 178 g/mol. The number of ether oxygens (including phenoxy) is 1. The van der Waals surface area contributed by atoms with Crippen LogP contribution in [0.1, 0.15) is 6.92 Å². The van der Waals surface area contributed by atoms with Gasteiger partial charge in [-0.2, -0.15) is 0 Å². The van der Waals surface area contributed by atoms with Gasteiger partial charge in [0.1, 0.15) is 5.75 Å². The van der Waals surface area contributed by atoms with E-state index in [-0.39, 0.29) is 0 Å². The van der Waals surface area contributed by atoms with Gasteiger partial charge in [-0.1, -0.05) is 0 Å². The molecule has 0 amide bonds. The highest BCUT2D eigenvalue weighted by Gasteiger charge is 1.95. The molecule has 1 aromatic rings. The molecule has 0 spiro atoms. The molecule has 1 aromatic carbocycles. The van der Waals surface area contributed by atoms with E-state index in [4.69, 9.17) is 16.2 Å². The van der Waals surface area contributed by atoms with E-state index in [0.717, 1.165) is 5.75 Å². The second-order valence-electron chi connectivity index (χ2n) is 2.72. The Morgan fingerprint density at radius 1 is 1.21 bits per heavy atom. The maximum atomic E-state index is 5.55. The van der Waals surface area contributed by atoms with Crippen molar-refractivity contribution in [3.63, 3.8) is 0 Å². The second-order valence-corrected chi connectivity index (χ2v) is 2.72. The first-order chi connectivity index (χ1) is 6.65. The Labute approximate surface area is 85.2 Å². The Morgan fingerprint density at radius 3 is 2.21 bits per heavy atom. The van der Waals surface area contributed by atoms with Gasteiger partial charge in [0.15, 0.2) is 0 Å². The van der Waals surface area contributed by atoms with Gasteiger partial charge in [0.25, 0.3) is 0 Å². The molecular formula is C10H19N3O. The summed E-state index contributed by atoms with van der Waals surface area (Å²) in [6.07, 6.45) is 0. The molecule has 0 bridgehead atoms. The van der Waals surface area contributed by atoms with Crippen molar-refractivity contribution in [2.24, 2.45) is 0 Å². The van der Waals surface area contributed by atoms with Crippen molar-refractivity contribution in [3.05, 3.63) is 18.2 Å². The van der Waals surface area contributed by atoms with Crippen molar-refractivity contribution in [1.82, 2.24) is 5.32 Å². The summed E-state index contributed by atoms with van der Waals surface area (Å²) < 4.78 is 5.21. The van der Waals surface area contributed by atoms with Crippen LogP contribution in [0.2, 0.25) is 0 Å². The van der Waals surface area contributed by atoms with Gasteiger partial charge >= 0.3 is 0 Å². The predicted molar refractivity (Wildman–Crippen MR) is 61.4 cm³/mol. The van der Waals surface area contributed by atoms with E-state index in [2.05, 4.69) is 5.32 Å². The van der Waals surface area contributed by atoms with Gasteiger partial charge < -0.3 is 21.5 Å². The third-order valence-electron chi connectivity index (χ3n) is 1.37. The van der Waals surface area contributed by atoms with Gasteiger partial charge in [-0.25, -0.2) is 0 Å². The van der Waals surface area contributed by atoms with Crippen LogP contribution in [0, 0.1) is 0 Å². The van der Waals surface area contributed by atoms with E-state index < -0.39 is 0 Å². The fourth-order valence-electron chi connectivity index (χ4n) is 0.809. The summed E-state index contributed by atoms with van der Waals surface area (Å²) in [7, 11) is 3.75. The van der Waals surface area contributed by atoms with Crippen molar-refractivity contribution in [1.29, 1.82) is 0 Å². The van der Waals surface area contributed by atoms with Crippen LogP contribution < -0.4 is 21.5 Å². The number of hydrogen-bond donors (Lipinski definition) is 3. The molecule has 80 valence electrons. The second kappa shape index (κ2) is 7.03. The molecule has 0 aliphatic carbocycles. The van der Waals surface area contributed by atoms with E-state index in [1.54, 1.807) is 18.2 Å². The van der Waals surface area contributed by atoms with E-state index in [1.165, 1.54) is 0 Å². The average Bonchev–Trinajstić information content (AvgIpc) is 2.13. The summed E-state index contributed by atoms with van der Waals surface area (Å²) in [5.74, 6) is 0.763. The van der Waals surface area contributed by atoms with Gasteiger partial charge in [-0.05, 0) is 33.2 Å². The molecule has 0 aliphatic heterocycles. The normalized spacial score (nSPS) is 8.79. The zero-order valence-electron chi connectivity index (χ0n) is 9.00. The Bertz CT molecular complexity index is 264. The highest BCUT2D eigenvalue weighted by Crippen LogP contribution is 2.20. The van der Waals surface area contributed by atoms with Crippen molar-refractivity contribution in [2.45, 2.75) is 6.92 Å². The predicted octanol–water partition coefficient (Wildman–Crippen LogP) is 1.09. The van der Waals surface area contributed by atoms with Gasteiger partial charge in [-0.3, -0.25) is 0 Å². The number of nitrogens with one attached hydrogen (secondary N) is 1. The minimum atomic E-state index is 0.566. The molecule has 1 rings (SSSR count). The number of nitrogens with two attached hydrogens (primary N) is 2. The summed E-state index contributed by atoms with van der Waals surface area (Å²) in [5, 5.41) is 2.75. The molecule has 5 N–H and O–H groups in total. The van der Waals surface area contributed by atoms with Crippen LogP contribution >= 0.6 is 0 Å². The molecule has 0 saturated heterocycles. The number of benzene rings is 1. The van der Waals surface area contributed by atoms with E-state index >= 15 is 0 Å². The molecule has 0 aromatic heterocycles. The van der Waals surface area contributed by atoms with E-state index in [0.29, 0.717) is 18.0 Å².